The van der Waals surface area contributed by atoms with Gasteiger partial charge < -0.3 is 0 Å². The third-order valence-corrected chi connectivity index (χ3v) is 6.17. The van der Waals surface area contributed by atoms with Crippen LogP contribution in [0.2, 0.25) is 0 Å². The summed E-state index contributed by atoms with van der Waals surface area (Å²) in [4.78, 5) is 0. The van der Waals surface area contributed by atoms with Gasteiger partial charge in [-0.3, -0.25) is 0 Å². The largest absolute Gasteiger partial charge is 0.0854 e. The van der Waals surface area contributed by atoms with Gasteiger partial charge in [-0.1, -0.05) is 113 Å². The van der Waals surface area contributed by atoms with Crippen LogP contribution in [-0.4, -0.2) is 5.75 Å². The zero-order valence-corrected chi connectivity index (χ0v) is 15.4. The van der Waals surface area contributed by atoms with E-state index in [1.165, 1.54) is 38.4 Å². The minimum absolute atomic E-state index is 1.20. The van der Waals surface area contributed by atoms with Gasteiger partial charge in [-0.2, -0.15) is 0 Å². The highest BCUT2D eigenvalue weighted by molar-refractivity contribution is 8.78. The number of benzene rings is 4. The van der Waals surface area contributed by atoms with Crippen LogP contribution in [0, 0.1) is 0 Å². The van der Waals surface area contributed by atoms with Crippen molar-refractivity contribution in [3.05, 3.63) is 96.4 Å². The molecule has 0 unspecified atom stereocenters. The molecule has 5 rings (SSSR count). The van der Waals surface area contributed by atoms with E-state index >= 15 is 0 Å². The second kappa shape index (κ2) is 7.81. The molecule has 2 heteroatoms. The van der Waals surface area contributed by atoms with Crippen LogP contribution in [0.25, 0.3) is 32.7 Å². The Morgan fingerprint density at radius 3 is 1.52 bits per heavy atom. The molecule has 0 nitrogen and oxygen atoms in total. The molecule has 1 heterocycles. The van der Waals surface area contributed by atoms with Crippen molar-refractivity contribution in [3.8, 4) is 11.1 Å². The molecule has 0 saturated heterocycles. The first-order valence-corrected chi connectivity index (χ1v) is 10.7. The summed E-state index contributed by atoms with van der Waals surface area (Å²) in [6, 6.07) is 30.2. The van der Waals surface area contributed by atoms with E-state index in [0.29, 0.717) is 0 Å². The Labute approximate surface area is 156 Å². The fourth-order valence-electron chi connectivity index (χ4n) is 3.12. The molecule has 0 N–H and O–H groups in total. The SMILES string of the molecule is C1=CSSC1.c1ccc2c(-c3cccc4ccccc34)cccc2c1. The maximum Gasteiger partial charge on any atom is 0.0229 e. The Kier molecular flexibility index (Phi) is 5.10. The first kappa shape index (κ1) is 16.3. The van der Waals surface area contributed by atoms with Gasteiger partial charge in [-0.15, -0.1) is 0 Å². The van der Waals surface area contributed by atoms with E-state index in [9.17, 15) is 0 Å². The fourth-order valence-corrected chi connectivity index (χ4v) is 4.69. The van der Waals surface area contributed by atoms with Gasteiger partial charge in [0.1, 0.15) is 0 Å². The molecule has 0 amide bonds. The number of rotatable bonds is 1. The molecule has 0 aromatic heterocycles. The van der Waals surface area contributed by atoms with Crippen molar-refractivity contribution in [2.24, 2.45) is 0 Å². The van der Waals surface area contributed by atoms with Crippen molar-refractivity contribution in [2.45, 2.75) is 0 Å². The Bertz CT molecular complexity index is 940. The summed E-state index contributed by atoms with van der Waals surface area (Å²) < 4.78 is 0. The lowest BCUT2D eigenvalue weighted by atomic mass is 9.94. The predicted molar refractivity (Wildman–Crippen MR) is 116 cm³/mol. The molecular formula is C23H18S2. The van der Waals surface area contributed by atoms with Crippen LogP contribution in [0.3, 0.4) is 0 Å². The summed E-state index contributed by atoms with van der Waals surface area (Å²) in [7, 11) is 3.69. The smallest absolute Gasteiger partial charge is 0.0229 e. The van der Waals surface area contributed by atoms with E-state index in [4.69, 9.17) is 0 Å². The number of hydrogen-bond donors (Lipinski definition) is 0. The van der Waals surface area contributed by atoms with Crippen LogP contribution >= 0.6 is 21.6 Å². The number of fused-ring (bicyclic) bond motifs is 2. The fraction of sp³-hybridized carbons (Fsp3) is 0.0435. The molecule has 1 aliphatic heterocycles. The van der Waals surface area contributed by atoms with Crippen LogP contribution in [0.1, 0.15) is 0 Å². The minimum Gasteiger partial charge on any atom is -0.0854 e. The lowest BCUT2D eigenvalue weighted by Crippen LogP contribution is -1.83. The topological polar surface area (TPSA) is 0 Å². The Morgan fingerprint density at radius 2 is 1.08 bits per heavy atom. The second-order valence-corrected chi connectivity index (χ2v) is 8.12. The van der Waals surface area contributed by atoms with E-state index in [1.54, 1.807) is 0 Å². The molecular weight excluding hydrogens is 340 g/mol. The predicted octanol–water partition coefficient (Wildman–Crippen LogP) is 7.56. The van der Waals surface area contributed by atoms with Gasteiger partial charge in [0.2, 0.25) is 0 Å². The normalized spacial score (nSPS) is 13.0. The molecule has 25 heavy (non-hydrogen) atoms. The lowest BCUT2D eigenvalue weighted by molar-refractivity contribution is 1.68. The molecule has 0 radical (unpaired) electrons. The van der Waals surface area contributed by atoms with E-state index in [1.807, 2.05) is 21.6 Å². The monoisotopic (exact) mass is 358 g/mol. The molecule has 0 bridgehead atoms. The van der Waals surface area contributed by atoms with Gasteiger partial charge in [-0.25, -0.2) is 0 Å². The third-order valence-electron chi connectivity index (χ3n) is 4.25. The first-order valence-electron chi connectivity index (χ1n) is 8.33. The highest BCUT2D eigenvalue weighted by Crippen LogP contribution is 2.33. The third kappa shape index (κ3) is 3.60. The zero-order valence-electron chi connectivity index (χ0n) is 13.8. The molecule has 4 aromatic carbocycles. The van der Waals surface area contributed by atoms with Crippen LogP contribution in [0.15, 0.2) is 96.4 Å². The van der Waals surface area contributed by atoms with Crippen LogP contribution in [-0.2, 0) is 0 Å². The minimum atomic E-state index is 1.20. The van der Waals surface area contributed by atoms with E-state index in [0.717, 1.165) is 0 Å². The summed E-state index contributed by atoms with van der Waals surface area (Å²) in [5, 5.41) is 7.32. The van der Waals surface area contributed by atoms with E-state index in [2.05, 4.69) is 96.4 Å². The van der Waals surface area contributed by atoms with E-state index in [-0.39, 0.29) is 0 Å². The van der Waals surface area contributed by atoms with Crippen molar-refractivity contribution < 1.29 is 0 Å². The van der Waals surface area contributed by atoms with Crippen molar-refractivity contribution >= 4 is 43.1 Å². The first-order chi connectivity index (χ1) is 12.4. The van der Waals surface area contributed by atoms with Crippen molar-refractivity contribution in [1.82, 2.24) is 0 Å². The molecule has 0 fully saturated rings. The number of hydrogen-bond acceptors (Lipinski definition) is 2. The zero-order chi connectivity index (χ0) is 16.9. The summed E-state index contributed by atoms with van der Waals surface area (Å²) in [5.41, 5.74) is 2.61. The molecule has 0 aliphatic carbocycles. The highest BCUT2D eigenvalue weighted by atomic mass is 33.1. The maximum absolute atomic E-state index is 2.21. The quantitative estimate of drug-likeness (QED) is 0.322. The molecule has 0 saturated carbocycles. The molecule has 122 valence electrons. The highest BCUT2D eigenvalue weighted by Gasteiger charge is 2.06. The van der Waals surface area contributed by atoms with Gasteiger partial charge >= 0.3 is 0 Å². The van der Waals surface area contributed by atoms with Gasteiger partial charge in [0.15, 0.2) is 0 Å². The van der Waals surface area contributed by atoms with Crippen molar-refractivity contribution in [3.63, 3.8) is 0 Å². The van der Waals surface area contributed by atoms with Crippen LogP contribution in [0.4, 0.5) is 0 Å². The molecule has 1 aliphatic rings. The Morgan fingerprint density at radius 1 is 0.560 bits per heavy atom. The molecule has 4 aromatic rings. The van der Waals surface area contributed by atoms with E-state index < -0.39 is 0 Å². The van der Waals surface area contributed by atoms with Crippen LogP contribution in [0.5, 0.6) is 0 Å². The second-order valence-electron chi connectivity index (χ2n) is 5.81. The van der Waals surface area contributed by atoms with Crippen molar-refractivity contribution in [1.29, 1.82) is 0 Å². The van der Waals surface area contributed by atoms with Gasteiger partial charge in [-0.05, 0) is 38.1 Å². The lowest BCUT2D eigenvalue weighted by Gasteiger charge is -2.10. The van der Waals surface area contributed by atoms with Gasteiger partial charge in [0.25, 0.3) is 0 Å². The average molecular weight is 359 g/mol. The standard InChI is InChI=1S/C20H14.C3H4S2/c1-3-11-17-15(7-1)9-5-13-19(17)20-14-6-10-16-8-2-4-12-18(16)20;1-2-4-5-3-1/h1-14H;1-2H,3H2. The summed E-state index contributed by atoms with van der Waals surface area (Å²) in [5.74, 6) is 1.20. The maximum atomic E-state index is 2.21. The Hall–Kier alpha value is -2.16. The van der Waals surface area contributed by atoms with Gasteiger partial charge in [0, 0.05) is 5.75 Å². The summed E-state index contributed by atoms with van der Waals surface area (Å²) in [6.45, 7) is 0. The van der Waals surface area contributed by atoms with Crippen molar-refractivity contribution in [2.75, 3.05) is 5.75 Å². The summed E-state index contributed by atoms with van der Waals surface area (Å²) >= 11 is 0. The van der Waals surface area contributed by atoms with Crippen LogP contribution < -0.4 is 0 Å². The molecule has 0 atom stereocenters. The summed E-state index contributed by atoms with van der Waals surface area (Å²) in [6.07, 6.45) is 2.16. The van der Waals surface area contributed by atoms with Gasteiger partial charge in [0.05, 0.1) is 0 Å². The average Bonchev–Trinajstić information content (AvgIpc) is 3.27. The molecule has 0 spiro atoms. The Balaban J connectivity index is 0.000000272.